The van der Waals surface area contributed by atoms with E-state index in [0.29, 0.717) is 6.61 Å². The molecule has 0 amide bonds. The second kappa shape index (κ2) is 7.01. The maximum atomic E-state index is 13.0. The third kappa shape index (κ3) is 2.78. The molecular formula is C22H23BrN2O3. The number of nitrogens with zero attached hydrogens (tertiary/aromatic N) is 1. The highest BCUT2D eigenvalue weighted by atomic mass is 79.9. The molecule has 2 atom stereocenters. The van der Waals surface area contributed by atoms with E-state index < -0.39 is 5.41 Å². The molecule has 1 aliphatic carbocycles. The minimum absolute atomic E-state index is 0.239. The summed E-state index contributed by atoms with van der Waals surface area (Å²) < 4.78 is 12.4. The maximum absolute atomic E-state index is 13.0. The summed E-state index contributed by atoms with van der Waals surface area (Å²) in [6.45, 7) is 6.02. The minimum atomic E-state index is -0.807. The first-order valence-electron chi connectivity index (χ1n) is 9.36. The van der Waals surface area contributed by atoms with Crippen LogP contribution in [-0.2, 0) is 14.3 Å². The highest BCUT2D eigenvalue weighted by Gasteiger charge is 2.49. The van der Waals surface area contributed by atoms with E-state index in [9.17, 15) is 4.79 Å². The van der Waals surface area contributed by atoms with Crippen LogP contribution < -0.4 is 0 Å². The molecule has 1 N–H and O–H groups in total. The van der Waals surface area contributed by atoms with Gasteiger partial charge in [0.05, 0.1) is 23.4 Å². The number of carbonyl (C=O) groups excluding carboxylic acids is 1. The summed E-state index contributed by atoms with van der Waals surface area (Å²) in [6, 6.07) is 10.1. The summed E-state index contributed by atoms with van der Waals surface area (Å²) in [5.74, 6) is -0.492. The van der Waals surface area contributed by atoms with Crippen molar-refractivity contribution in [3.8, 4) is 11.3 Å². The van der Waals surface area contributed by atoms with Crippen LogP contribution in [0.15, 0.2) is 41.0 Å². The van der Waals surface area contributed by atoms with Gasteiger partial charge in [0.1, 0.15) is 6.10 Å². The molecule has 0 radical (unpaired) electrons. The number of benzene rings is 1. The van der Waals surface area contributed by atoms with Gasteiger partial charge < -0.3 is 14.5 Å². The van der Waals surface area contributed by atoms with E-state index in [4.69, 9.17) is 9.47 Å². The third-order valence-corrected chi connectivity index (χ3v) is 6.12. The number of methoxy groups -OCH3 is 1. The number of hydrogen-bond donors (Lipinski definition) is 1. The average molecular weight is 443 g/mol. The Morgan fingerprint density at radius 3 is 2.82 bits per heavy atom. The molecule has 2 aromatic heterocycles. The topological polar surface area (TPSA) is 64.2 Å². The van der Waals surface area contributed by atoms with Crippen molar-refractivity contribution in [2.24, 2.45) is 5.41 Å². The molecule has 0 fully saturated rings. The Kier molecular flexibility index (Phi) is 4.79. The Hall–Kier alpha value is -2.18. The summed E-state index contributed by atoms with van der Waals surface area (Å²) in [5.41, 5.74) is 4.12. The predicted molar refractivity (Wildman–Crippen MR) is 112 cm³/mol. The molecule has 28 heavy (non-hydrogen) atoms. The number of halogens is 1. The fraction of sp³-hybridized carbons (Fsp3) is 0.364. The van der Waals surface area contributed by atoms with E-state index >= 15 is 0 Å². The molecule has 1 aromatic carbocycles. The third-order valence-electron chi connectivity index (χ3n) is 5.62. The normalized spacial score (nSPS) is 18.6. The molecular weight excluding hydrogens is 420 g/mol. The van der Waals surface area contributed by atoms with E-state index in [1.165, 1.54) is 0 Å². The molecule has 1 unspecified atom stereocenters. The van der Waals surface area contributed by atoms with Gasteiger partial charge in [0.2, 0.25) is 0 Å². The number of fused-ring (bicyclic) bond motifs is 5. The summed E-state index contributed by atoms with van der Waals surface area (Å²) in [4.78, 5) is 21.1. The zero-order chi connectivity index (χ0) is 20.1. The van der Waals surface area contributed by atoms with Gasteiger partial charge in [-0.05, 0) is 56.7 Å². The van der Waals surface area contributed by atoms with Gasteiger partial charge in [0.25, 0.3) is 0 Å². The lowest BCUT2D eigenvalue weighted by atomic mass is 9.67. The van der Waals surface area contributed by atoms with Crippen LogP contribution in [0, 0.1) is 5.41 Å². The van der Waals surface area contributed by atoms with Crippen molar-refractivity contribution in [2.45, 2.75) is 32.8 Å². The molecule has 0 saturated heterocycles. The molecule has 0 spiro atoms. The molecule has 0 saturated carbocycles. The number of hydrogen-bond acceptors (Lipinski definition) is 4. The van der Waals surface area contributed by atoms with Crippen LogP contribution in [0.3, 0.4) is 0 Å². The molecule has 3 aromatic rings. The zero-order valence-corrected chi connectivity index (χ0v) is 18.0. The Morgan fingerprint density at radius 2 is 2.11 bits per heavy atom. The molecule has 5 nitrogen and oxygen atoms in total. The van der Waals surface area contributed by atoms with E-state index in [2.05, 4.69) is 32.0 Å². The Morgan fingerprint density at radius 1 is 1.32 bits per heavy atom. The first-order chi connectivity index (χ1) is 13.4. The van der Waals surface area contributed by atoms with E-state index in [-0.39, 0.29) is 18.0 Å². The second-order valence-electron chi connectivity index (χ2n) is 7.62. The van der Waals surface area contributed by atoms with Crippen molar-refractivity contribution in [3.05, 3.63) is 52.3 Å². The van der Waals surface area contributed by atoms with Crippen LogP contribution in [0.5, 0.6) is 0 Å². The lowest BCUT2D eigenvalue weighted by Gasteiger charge is -2.40. The standard InChI is InChI=1S/C22H23BrN2O3/c1-5-28-21(26)22(2,3)17-16-14-11-12(23)8-9-15(14)25-18(16)13-7-6-10-24-19(13)20(17)27-4/h6-11,17,20,25H,5H2,1-4H3/t17?,20-/m0/s1. The van der Waals surface area contributed by atoms with Crippen molar-refractivity contribution in [3.63, 3.8) is 0 Å². The average Bonchev–Trinajstić information content (AvgIpc) is 3.05. The van der Waals surface area contributed by atoms with Gasteiger partial charge in [-0.15, -0.1) is 0 Å². The van der Waals surface area contributed by atoms with Crippen LogP contribution in [0.25, 0.3) is 22.2 Å². The molecule has 146 valence electrons. The van der Waals surface area contributed by atoms with Crippen molar-refractivity contribution < 1.29 is 14.3 Å². The highest BCUT2D eigenvalue weighted by molar-refractivity contribution is 9.10. The molecule has 6 heteroatoms. The molecule has 1 aliphatic rings. The Labute approximate surface area is 172 Å². The van der Waals surface area contributed by atoms with Crippen LogP contribution in [-0.4, -0.2) is 29.7 Å². The van der Waals surface area contributed by atoms with Crippen molar-refractivity contribution >= 4 is 32.8 Å². The smallest absolute Gasteiger partial charge is 0.312 e. The summed E-state index contributed by atoms with van der Waals surface area (Å²) in [7, 11) is 1.67. The quantitative estimate of drug-likeness (QED) is 0.551. The Bertz CT molecular complexity index is 1060. The van der Waals surface area contributed by atoms with Crippen LogP contribution in [0.1, 0.15) is 44.1 Å². The summed E-state index contributed by atoms with van der Waals surface area (Å²) in [5, 5.41) is 1.07. The largest absolute Gasteiger partial charge is 0.466 e. The molecule has 0 bridgehead atoms. The second-order valence-corrected chi connectivity index (χ2v) is 8.53. The number of ether oxygens (including phenoxy) is 2. The number of esters is 1. The van der Waals surface area contributed by atoms with E-state index in [1.807, 2.05) is 45.0 Å². The number of H-pyrrole nitrogens is 1. The SMILES string of the molecule is CCOC(=O)C(C)(C)C1c2c([nH]c3ccc(Br)cc23)-c2cccnc2[C@H]1OC. The molecule has 0 aliphatic heterocycles. The lowest BCUT2D eigenvalue weighted by molar-refractivity contribution is -0.157. The maximum Gasteiger partial charge on any atom is 0.312 e. The van der Waals surface area contributed by atoms with Gasteiger partial charge in [-0.1, -0.05) is 15.9 Å². The monoisotopic (exact) mass is 442 g/mol. The predicted octanol–water partition coefficient (Wildman–Crippen LogP) is 5.37. The highest BCUT2D eigenvalue weighted by Crippen LogP contribution is 2.56. The number of aromatic nitrogens is 2. The first kappa shape index (κ1) is 19.2. The fourth-order valence-electron chi connectivity index (χ4n) is 4.32. The van der Waals surface area contributed by atoms with Crippen molar-refractivity contribution in [1.29, 1.82) is 0 Å². The molecule has 2 heterocycles. The molecule has 4 rings (SSSR count). The van der Waals surface area contributed by atoms with Crippen molar-refractivity contribution in [1.82, 2.24) is 9.97 Å². The lowest BCUT2D eigenvalue weighted by Crippen LogP contribution is -2.39. The van der Waals surface area contributed by atoms with Crippen molar-refractivity contribution in [2.75, 3.05) is 13.7 Å². The van der Waals surface area contributed by atoms with Gasteiger partial charge in [-0.2, -0.15) is 0 Å². The first-order valence-corrected chi connectivity index (χ1v) is 10.2. The van der Waals surface area contributed by atoms with Gasteiger partial charge in [0.15, 0.2) is 0 Å². The number of rotatable bonds is 4. The number of carbonyl (C=O) groups is 1. The van der Waals surface area contributed by atoms with Crippen LogP contribution in [0.2, 0.25) is 0 Å². The number of aromatic amines is 1. The Balaban J connectivity index is 2.05. The number of nitrogens with one attached hydrogen (secondary N) is 1. The summed E-state index contributed by atoms with van der Waals surface area (Å²) in [6.07, 6.45) is 1.41. The van der Waals surface area contributed by atoms with Gasteiger partial charge in [-0.25, -0.2) is 0 Å². The zero-order valence-electron chi connectivity index (χ0n) is 16.4. The van der Waals surface area contributed by atoms with Gasteiger partial charge >= 0.3 is 5.97 Å². The summed E-state index contributed by atoms with van der Waals surface area (Å²) >= 11 is 3.58. The van der Waals surface area contributed by atoms with Gasteiger partial charge in [-0.3, -0.25) is 9.78 Å². The minimum Gasteiger partial charge on any atom is -0.466 e. The fourth-order valence-corrected chi connectivity index (χ4v) is 4.68. The number of pyridine rings is 1. The van der Waals surface area contributed by atoms with E-state index in [1.54, 1.807) is 13.3 Å². The van der Waals surface area contributed by atoms with Crippen LogP contribution in [0.4, 0.5) is 0 Å². The van der Waals surface area contributed by atoms with Gasteiger partial charge in [0, 0.05) is 40.2 Å². The van der Waals surface area contributed by atoms with Crippen LogP contribution >= 0.6 is 15.9 Å². The van der Waals surface area contributed by atoms with E-state index in [0.717, 1.165) is 37.9 Å².